The van der Waals surface area contributed by atoms with Crippen LogP contribution in [0.4, 0.5) is 0 Å². The van der Waals surface area contributed by atoms with Crippen LogP contribution in [0.25, 0.3) is 0 Å². The van der Waals surface area contributed by atoms with Crippen LogP contribution >= 0.6 is 21.6 Å². The molecule has 44 heavy (non-hydrogen) atoms. The van der Waals surface area contributed by atoms with Crippen molar-refractivity contribution in [3.05, 3.63) is 0 Å². The van der Waals surface area contributed by atoms with Gasteiger partial charge in [-0.3, -0.25) is 19.2 Å². The molecule has 8 nitrogen and oxygen atoms in total. The third-order valence-corrected chi connectivity index (χ3v) is 11.2. The number of Topliss-reactive ketones (excluding diaryl/α,β-unsaturated/α-hetero) is 2. The van der Waals surface area contributed by atoms with Crippen molar-refractivity contribution in [3.63, 3.8) is 0 Å². The molecular formula is C34H64N2O6S2. The van der Waals surface area contributed by atoms with E-state index in [1.807, 2.05) is 0 Å². The highest BCUT2D eigenvalue weighted by atomic mass is 33.1. The quantitative estimate of drug-likeness (QED) is 0.0327. The Morgan fingerprint density at radius 1 is 0.568 bits per heavy atom. The second-order valence-corrected chi connectivity index (χ2v) is 14.6. The molecule has 0 bridgehead atoms. The van der Waals surface area contributed by atoms with E-state index >= 15 is 0 Å². The average molecular weight is 661 g/mol. The smallest absolute Gasteiger partial charge is 0.325 e. The van der Waals surface area contributed by atoms with E-state index in [9.17, 15) is 19.2 Å². The zero-order chi connectivity index (χ0) is 33.1. The van der Waals surface area contributed by atoms with Crippen molar-refractivity contribution in [2.24, 2.45) is 11.5 Å². The zero-order valence-corrected chi connectivity index (χ0v) is 30.0. The van der Waals surface area contributed by atoms with Crippen LogP contribution in [0.2, 0.25) is 0 Å². The number of hydrogen-bond acceptors (Lipinski definition) is 10. The van der Waals surface area contributed by atoms with Gasteiger partial charge in [-0.25, -0.2) is 0 Å². The van der Waals surface area contributed by atoms with Crippen LogP contribution in [0.3, 0.4) is 0 Å². The van der Waals surface area contributed by atoms with Gasteiger partial charge in [-0.15, -0.1) is 0 Å². The van der Waals surface area contributed by atoms with Crippen molar-refractivity contribution in [1.29, 1.82) is 0 Å². The number of carbonyl (C=O) groups excluding carboxylic acids is 4. The number of esters is 2. The van der Waals surface area contributed by atoms with E-state index in [1.165, 1.54) is 104 Å². The minimum atomic E-state index is -1.82. The van der Waals surface area contributed by atoms with Gasteiger partial charge in [-0.05, 0) is 26.7 Å². The van der Waals surface area contributed by atoms with Crippen molar-refractivity contribution in [2.45, 2.75) is 173 Å². The second kappa shape index (κ2) is 28.1. The molecule has 4 N–H and O–H groups in total. The molecule has 0 saturated carbocycles. The van der Waals surface area contributed by atoms with Gasteiger partial charge in [0.05, 0.1) is 13.2 Å². The Kier molecular flexibility index (Phi) is 27.4. The summed E-state index contributed by atoms with van der Waals surface area (Å²) in [5, 5.41) is 0. The van der Waals surface area contributed by atoms with Gasteiger partial charge in [0.25, 0.3) is 0 Å². The molecule has 10 heteroatoms. The van der Waals surface area contributed by atoms with Gasteiger partial charge in [0, 0.05) is 5.75 Å². The fourth-order valence-corrected chi connectivity index (χ4v) is 8.20. The van der Waals surface area contributed by atoms with Gasteiger partial charge < -0.3 is 20.9 Å². The number of hydrogen-bond donors (Lipinski definition) is 2. The van der Waals surface area contributed by atoms with Crippen LogP contribution in [0.1, 0.15) is 156 Å². The third-order valence-electron chi connectivity index (χ3n) is 7.96. The minimum Gasteiger partial charge on any atom is -0.465 e. The van der Waals surface area contributed by atoms with Crippen molar-refractivity contribution in [2.75, 3.05) is 19.0 Å². The molecule has 0 rings (SSSR count). The van der Waals surface area contributed by atoms with Crippen LogP contribution < -0.4 is 11.5 Å². The van der Waals surface area contributed by atoms with Crippen molar-refractivity contribution in [3.8, 4) is 0 Å². The lowest BCUT2D eigenvalue weighted by molar-refractivity contribution is -0.149. The van der Waals surface area contributed by atoms with Crippen molar-refractivity contribution in [1.82, 2.24) is 0 Å². The molecule has 0 aromatic heterocycles. The lowest BCUT2D eigenvalue weighted by Gasteiger charge is -2.31. The molecule has 0 aliphatic carbocycles. The van der Waals surface area contributed by atoms with Crippen LogP contribution in [0.15, 0.2) is 0 Å². The molecule has 0 unspecified atom stereocenters. The maximum Gasteiger partial charge on any atom is 0.325 e. The molecule has 0 aliphatic heterocycles. The van der Waals surface area contributed by atoms with Crippen LogP contribution in [0, 0.1) is 0 Å². The minimum absolute atomic E-state index is 0.101. The Bertz CT molecular complexity index is 769. The molecule has 0 aromatic rings. The predicted molar refractivity (Wildman–Crippen MR) is 186 cm³/mol. The van der Waals surface area contributed by atoms with Gasteiger partial charge in [0.1, 0.15) is 12.1 Å². The monoisotopic (exact) mass is 660 g/mol. The first kappa shape index (κ1) is 42.9. The van der Waals surface area contributed by atoms with E-state index in [-0.39, 0.29) is 12.4 Å². The lowest BCUT2D eigenvalue weighted by Crippen LogP contribution is -2.59. The summed E-state index contributed by atoms with van der Waals surface area (Å²) in [4.78, 5) is 50.5. The maximum absolute atomic E-state index is 12.8. The van der Waals surface area contributed by atoms with Gasteiger partial charge >= 0.3 is 11.9 Å². The predicted octanol–water partition coefficient (Wildman–Crippen LogP) is 7.87. The van der Waals surface area contributed by atoms with Gasteiger partial charge in [-0.1, -0.05) is 151 Å². The van der Waals surface area contributed by atoms with Crippen LogP contribution in [-0.4, -0.2) is 59.3 Å². The Morgan fingerprint density at radius 2 is 0.909 bits per heavy atom. The summed E-state index contributed by atoms with van der Waals surface area (Å²) in [6, 6.07) is -2.38. The number of unbranched alkanes of at least 4 members (excludes halogenated alkanes) is 18. The number of carbonyl (C=O) groups is 4. The SMILES string of the molecule is CCCCCCCCCCCCOC(=O)[C@@H](N)C(SSC[C@H](N)C(=O)OCCCCCCCCCCCC)(C(C)=O)C(C)=O. The van der Waals surface area contributed by atoms with E-state index in [4.69, 9.17) is 20.9 Å². The normalized spacial score (nSPS) is 13.0. The summed E-state index contributed by atoms with van der Waals surface area (Å²) in [6.07, 6.45) is 23.5. The molecule has 2 atom stereocenters. The number of rotatable bonds is 31. The van der Waals surface area contributed by atoms with E-state index < -0.39 is 40.3 Å². The molecule has 0 aromatic carbocycles. The molecular weight excluding hydrogens is 597 g/mol. The topological polar surface area (TPSA) is 139 Å². The fraction of sp³-hybridized carbons (Fsp3) is 0.882. The maximum atomic E-state index is 12.8. The largest absolute Gasteiger partial charge is 0.465 e. The summed E-state index contributed by atoms with van der Waals surface area (Å²) in [6.45, 7) is 7.44. The van der Waals surface area contributed by atoms with Gasteiger partial charge in [0.2, 0.25) is 0 Å². The Morgan fingerprint density at radius 3 is 1.27 bits per heavy atom. The summed E-state index contributed by atoms with van der Waals surface area (Å²) in [5.74, 6) is -2.28. The number of nitrogens with two attached hydrogens (primary N) is 2. The van der Waals surface area contributed by atoms with Gasteiger partial charge in [-0.2, -0.15) is 0 Å². The Hall–Kier alpha value is -1.10. The first-order valence-electron chi connectivity index (χ1n) is 17.3. The summed E-state index contributed by atoms with van der Waals surface area (Å²) in [7, 11) is 1.94. The Labute approximate surface area is 276 Å². The zero-order valence-electron chi connectivity index (χ0n) is 28.3. The first-order valence-corrected chi connectivity index (χ1v) is 19.6. The Balaban J connectivity index is 4.40. The molecule has 0 spiro atoms. The van der Waals surface area contributed by atoms with E-state index in [2.05, 4.69) is 13.8 Å². The summed E-state index contributed by atoms with van der Waals surface area (Å²) in [5.41, 5.74) is 12.2. The molecule has 0 fully saturated rings. The first-order chi connectivity index (χ1) is 21.1. The van der Waals surface area contributed by atoms with Crippen molar-refractivity contribution < 1.29 is 28.7 Å². The van der Waals surface area contributed by atoms with Gasteiger partial charge in [0.15, 0.2) is 16.3 Å². The van der Waals surface area contributed by atoms with E-state index in [0.717, 1.165) is 53.7 Å². The van der Waals surface area contributed by atoms with Crippen molar-refractivity contribution >= 4 is 45.1 Å². The molecule has 258 valence electrons. The highest BCUT2D eigenvalue weighted by Crippen LogP contribution is 2.40. The molecule has 0 amide bonds. The van der Waals surface area contributed by atoms with E-state index in [1.54, 1.807) is 0 Å². The van der Waals surface area contributed by atoms with E-state index in [0.29, 0.717) is 13.0 Å². The van der Waals surface area contributed by atoms with Crippen LogP contribution in [0.5, 0.6) is 0 Å². The second-order valence-electron chi connectivity index (χ2n) is 12.0. The highest BCUT2D eigenvalue weighted by Gasteiger charge is 2.51. The number of ether oxygens (including phenoxy) is 2. The molecule has 0 heterocycles. The summed E-state index contributed by atoms with van der Waals surface area (Å²) >= 11 is 0. The van der Waals surface area contributed by atoms with Crippen LogP contribution in [-0.2, 0) is 28.7 Å². The number of ketones is 2. The average Bonchev–Trinajstić information content (AvgIpc) is 2.99. The standard InChI is InChI=1S/C34H64N2O6S2/c1-5-7-9-11-13-15-17-19-21-23-25-41-32(39)30(35)27-43-44-34(28(3)37,29(4)38)31(36)33(40)42-26-24-22-20-18-16-14-12-10-8-6-2/h30-31H,5-27,35-36H2,1-4H3/t30-,31+/m0/s1. The molecule has 0 radical (unpaired) electrons. The summed E-state index contributed by atoms with van der Waals surface area (Å²) < 4.78 is 8.87. The molecule has 0 saturated heterocycles. The lowest BCUT2D eigenvalue weighted by atomic mass is 9.91. The highest BCUT2D eigenvalue weighted by molar-refractivity contribution is 8.77. The fourth-order valence-electron chi connectivity index (χ4n) is 5.01. The molecule has 0 aliphatic rings. The third kappa shape index (κ3) is 19.4.